The van der Waals surface area contributed by atoms with E-state index < -0.39 is 11.8 Å². The van der Waals surface area contributed by atoms with Gasteiger partial charge >= 0.3 is 11.8 Å². The minimum absolute atomic E-state index is 0.320. The quantitative estimate of drug-likeness (QED) is 0.765. The first-order valence-corrected chi connectivity index (χ1v) is 8.07. The first-order valence-electron chi connectivity index (χ1n) is 8.07. The van der Waals surface area contributed by atoms with Crippen LogP contribution in [0.15, 0.2) is 24.3 Å². The second-order valence-corrected chi connectivity index (χ2v) is 5.67. The number of carbonyl (C=O) groups excluding carboxylic acids is 2. The number of methoxy groups -OCH3 is 1. The van der Waals surface area contributed by atoms with Gasteiger partial charge in [-0.25, -0.2) is 0 Å². The molecule has 0 aliphatic carbocycles. The van der Waals surface area contributed by atoms with Crippen LogP contribution >= 0.6 is 0 Å². The Morgan fingerprint density at radius 3 is 2.57 bits per heavy atom. The van der Waals surface area contributed by atoms with Crippen molar-refractivity contribution in [2.24, 2.45) is 0 Å². The molecule has 1 atom stereocenters. The van der Waals surface area contributed by atoms with Gasteiger partial charge in [0, 0.05) is 19.1 Å². The van der Waals surface area contributed by atoms with Crippen LogP contribution in [0.5, 0.6) is 5.75 Å². The van der Waals surface area contributed by atoms with Crippen LogP contribution in [0, 0.1) is 0 Å². The molecule has 1 aromatic carbocycles. The summed E-state index contributed by atoms with van der Waals surface area (Å²) in [6, 6.07) is 7.70. The highest BCUT2D eigenvalue weighted by Gasteiger charge is 2.24. The molecule has 1 aromatic rings. The number of amides is 2. The third kappa shape index (κ3) is 4.96. The Kier molecular flexibility index (Phi) is 6.40. The van der Waals surface area contributed by atoms with Crippen molar-refractivity contribution in [2.45, 2.75) is 32.4 Å². The average molecular weight is 319 g/mol. The number of likely N-dealkylation sites (N-methyl/N-ethyl adjacent to an activating group) is 1. The van der Waals surface area contributed by atoms with Crippen LogP contribution < -0.4 is 15.4 Å². The highest BCUT2D eigenvalue weighted by atomic mass is 16.5. The molecular weight excluding hydrogens is 294 g/mol. The molecule has 1 aliphatic heterocycles. The molecule has 2 rings (SSSR count). The maximum absolute atomic E-state index is 11.9. The molecule has 0 saturated carbocycles. The SMILES string of the molecule is CCN1CCC[C@H]1CNC(=O)C(=O)NCc1ccc(OC)cc1. The number of hydrogen-bond donors (Lipinski definition) is 2. The molecular formula is C17H25N3O3. The molecule has 126 valence electrons. The number of benzene rings is 1. The third-order valence-electron chi connectivity index (χ3n) is 4.22. The van der Waals surface area contributed by atoms with Gasteiger partial charge in [-0.3, -0.25) is 14.5 Å². The standard InChI is InChI=1S/C17H25N3O3/c1-3-20-10-4-5-14(20)12-19-17(22)16(21)18-11-13-6-8-15(23-2)9-7-13/h6-9,14H,3-5,10-12H2,1-2H3,(H,18,21)(H,19,22)/t14-/m0/s1. The molecule has 23 heavy (non-hydrogen) atoms. The Hall–Kier alpha value is -2.08. The molecule has 0 aromatic heterocycles. The lowest BCUT2D eigenvalue weighted by molar-refractivity contribution is -0.139. The van der Waals surface area contributed by atoms with E-state index in [9.17, 15) is 9.59 Å². The lowest BCUT2D eigenvalue weighted by Gasteiger charge is -2.22. The molecule has 1 saturated heterocycles. The average Bonchev–Trinajstić information content (AvgIpc) is 3.05. The summed E-state index contributed by atoms with van der Waals surface area (Å²) < 4.78 is 5.08. The number of likely N-dealkylation sites (tertiary alicyclic amines) is 1. The maximum atomic E-state index is 11.9. The molecule has 2 amide bonds. The first-order chi connectivity index (χ1) is 11.1. The van der Waals surface area contributed by atoms with Gasteiger partial charge in [0.05, 0.1) is 7.11 Å². The van der Waals surface area contributed by atoms with E-state index in [1.54, 1.807) is 7.11 Å². The first kappa shape index (κ1) is 17.3. The van der Waals surface area contributed by atoms with Gasteiger partial charge in [0.15, 0.2) is 0 Å². The van der Waals surface area contributed by atoms with Crippen molar-refractivity contribution in [2.75, 3.05) is 26.7 Å². The van der Waals surface area contributed by atoms with E-state index in [1.165, 1.54) is 0 Å². The minimum Gasteiger partial charge on any atom is -0.497 e. The topological polar surface area (TPSA) is 70.7 Å². The maximum Gasteiger partial charge on any atom is 0.309 e. The highest BCUT2D eigenvalue weighted by Crippen LogP contribution is 2.15. The molecule has 2 N–H and O–H groups in total. The molecule has 1 heterocycles. The van der Waals surface area contributed by atoms with Gasteiger partial charge in [-0.15, -0.1) is 0 Å². The zero-order valence-electron chi connectivity index (χ0n) is 13.8. The molecule has 6 nitrogen and oxygen atoms in total. The van der Waals surface area contributed by atoms with Crippen LogP contribution in [0.1, 0.15) is 25.3 Å². The van der Waals surface area contributed by atoms with Crippen molar-refractivity contribution < 1.29 is 14.3 Å². The Bertz CT molecular complexity index is 530. The van der Waals surface area contributed by atoms with Gasteiger partial charge in [0.2, 0.25) is 0 Å². The number of nitrogens with zero attached hydrogens (tertiary/aromatic N) is 1. The number of hydrogen-bond acceptors (Lipinski definition) is 4. The van der Waals surface area contributed by atoms with Gasteiger partial charge in [-0.1, -0.05) is 19.1 Å². The summed E-state index contributed by atoms with van der Waals surface area (Å²) in [6.07, 6.45) is 2.22. The monoisotopic (exact) mass is 319 g/mol. The van der Waals surface area contributed by atoms with Crippen molar-refractivity contribution in [1.29, 1.82) is 0 Å². The fourth-order valence-electron chi connectivity index (χ4n) is 2.84. The Morgan fingerprint density at radius 2 is 1.91 bits per heavy atom. The van der Waals surface area contributed by atoms with E-state index in [2.05, 4.69) is 22.5 Å². The van der Waals surface area contributed by atoms with Crippen LogP contribution in [-0.2, 0) is 16.1 Å². The van der Waals surface area contributed by atoms with Crippen molar-refractivity contribution in [3.8, 4) is 5.75 Å². The second-order valence-electron chi connectivity index (χ2n) is 5.67. The fraction of sp³-hybridized carbons (Fsp3) is 0.529. The smallest absolute Gasteiger partial charge is 0.309 e. The summed E-state index contributed by atoms with van der Waals surface area (Å²) >= 11 is 0. The van der Waals surface area contributed by atoms with E-state index in [0.717, 1.165) is 37.2 Å². The van der Waals surface area contributed by atoms with Gasteiger partial charge in [0.1, 0.15) is 5.75 Å². The summed E-state index contributed by atoms with van der Waals surface area (Å²) in [5.41, 5.74) is 0.917. The summed E-state index contributed by atoms with van der Waals surface area (Å²) in [7, 11) is 1.60. The van der Waals surface area contributed by atoms with E-state index in [-0.39, 0.29) is 0 Å². The van der Waals surface area contributed by atoms with E-state index in [0.29, 0.717) is 19.1 Å². The predicted octanol–water partition coefficient (Wildman–Crippen LogP) is 0.912. The summed E-state index contributed by atoms with van der Waals surface area (Å²) in [4.78, 5) is 26.0. The molecule has 0 bridgehead atoms. The van der Waals surface area contributed by atoms with E-state index in [4.69, 9.17) is 4.74 Å². The van der Waals surface area contributed by atoms with Crippen LogP contribution in [0.25, 0.3) is 0 Å². The van der Waals surface area contributed by atoms with Gasteiger partial charge < -0.3 is 15.4 Å². The Balaban J connectivity index is 1.73. The molecule has 0 radical (unpaired) electrons. The fourth-order valence-corrected chi connectivity index (χ4v) is 2.84. The van der Waals surface area contributed by atoms with Crippen LogP contribution in [0.2, 0.25) is 0 Å². The highest BCUT2D eigenvalue weighted by molar-refractivity contribution is 6.35. The second kappa shape index (κ2) is 8.53. The molecule has 6 heteroatoms. The number of ether oxygens (including phenoxy) is 1. The zero-order valence-corrected chi connectivity index (χ0v) is 13.8. The van der Waals surface area contributed by atoms with Gasteiger partial charge in [-0.2, -0.15) is 0 Å². The summed E-state index contributed by atoms with van der Waals surface area (Å²) in [6.45, 7) is 5.01. The minimum atomic E-state index is -0.595. The summed E-state index contributed by atoms with van der Waals surface area (Å²) in [5.74, 6) is -0.404. The Morgan fingerprint density at radius 1 is 1.22 bits per heavy atom. The number of nitrogens with one attached hydrogen (secondary N) is 2. The van der Waals surface area contributed by atoms with Crippen molar-refractivity contribution >= 4 is 11.8 Å². The van der Waals surface area contributed by atoms with Gasteiger partial charge in [-0.05, 0) is 43.6 Å². The largest absolute Gasteiger partial charge is 0.497 e. The van der Waals surface area contributed by atoms with Crippen molar-refractivity contribution in [1.82, 2.24) is 15.5 Å². The van der Waals surface area contributed by atoms with E-state index >= 15 is 0 Å². The molecule has 1 fully saturated rings. The van der Waals surface area contributed by atoms with Crippen LogP contribution in [0.3, 0.4) is 0 Å². The predicted molar refractivity (Wildman–Crippen MR) is 88.1 cm³/mol. The lowest BCUT2D eigenvalue weighted by Crippen LogP contribution is -2.45. The van der Waals surface area contributed by atoms with Crippen LogP contribution in [0.4, 0.5) is 0 Å². The lowest BCUT2D eigenvalue weighted by atomic mass is 10.2. The van der Waals surface area contributed by atoms with Gasteiger partial charge in [0.25, 0.3) is 0 Å². The zero-order chi connectivity index (χ0) is 16.7. The van der Waals surface area contributed by atoms with Crippen molar-refractivity contribution in [3.63, 3.8) is 0 Å². The normalized spacial score (nSPS) is 17.7. The third-order valence-corrected chi connectivity index (χ3v) is 4.22. The molecule has 1 aliphatic rings. The van der Waals surface area contributed by atoms with Crippen LogP contribution in [-0.4, -0.2) is 49.5 Å². The molecule has 0 spiro atoms. The number of rotatable bonds is 6. The number of carbonyl (C=O) groups is 2. The van der Waals surface area contributed by atoms with E-state index in [1.807, 2.05) is 24.3 Å². The summed E-state index contributed by atoms with van der Waals surface area (Å²) in [5, 5.41) is 5.36. The van der Waals surface area contributed by atoms with Crippen molar-refractivity contribution in [3.05, 3.63) is 29.8 Å². The Labute approximate surface area is 137 Å². The molecule has 0 unspecified atom stereocenters.